The van der Waals surface area contributed by atoms with E-state index in [0.29, 0.717) is 23.1 Å². The summed E-state index contributed by atoms with van der Waals surface area (Å²) in [6, 6.07) is 12.3. The van der Waals surface area contributed by atoms with Crippen molar-refractivity contribution in [1.29, 1.82) is 0 Å². The lowest BCUT2D eigenvalue weighted by Gasteiger charge is -2.08. The van der Waals surface area contributed by atoms with E-state index in [1.807, 2.05) is 12.1 Å². The van der Waals surface area contributed by atoms with E-state index in [1.165, 1.54) is 6.33 Å². The summed E-state index contributed by atoms with van der Waals surface area (Å²) in [5, 5.41) is 6.52. The number of aromatic nitrogens is 3. The Bertz CT molecular complexity index is 824. The molecule has 6 nitrogen and oxygen atoms in total. The average molecular weight is 340 g/mol. The SMILES string of the molecule is O=C(Nc1ccc(Cl)cc1)c1cc(NCc2ccncc2)ncn1. The van der Waals surface area contributed by atoms with E-state index >= 15 is 0 Å². The molecular formula is C17H14ClN5O. The van der Waals surface area contributed by atoms with Crippen LogP contribution in [0.2, 0.25) is 5.02 Å². The number of carbonyl (C=O) groups excluding carboxylic acids is 1. The second kappa shape index (κ2) is 7.52. The van der Waals surface area contributed by atoms with Gasteiger partial charge in [-0.15, -0.1) is 0 Å². The third-order valence-corrected chi connectivity index (χ3v) is 3.48. The Hall–Kier alpha value is -2.99. The van der Waals surface area contributed by atoms with Crippen LogP contribution in [0, 0.1) is 0 Å². The molecule has 0 atom stereocenters. The molecule has 0 radical (unpaired) electrons. The molecule has 0 spiro atoms. The predicted molar refractivity (Wildman–Crippen MR) is 93.0 cm³/mol. The summed E-state index contributed by atoms with van der Waals surface area (Å²) in [4.78, 5) is 24.4. The van der Waals surface area contributed by atoms with Crippen LogP contribution in [-0.2, 0) is 6.54 Å². The van der Waals surface area contributed by atoms with Crippen LogP contribution < -0.4 is 10.6 Å². The first-order valence-corrected chi connectivity index (χ1v) is 7.60. The highest BCUT2D eigenvalue weighted by Crippen LogP contribution is 2.14. The zero-order chi connectivity index (χ0) is 16.8. The molecule has 0 bridgehead atoms. The Morgan fingerprint density at radius 2 is 1.79 bits per heavy atom. The van der Waals surface area contributed by atoms with Gasteiger partial charge >= 0.3 is 0 Å². The van der Waals surface area contributed by atoms with Crippen molar-refractivity contribution in [3.8, 4) is 0 Å². The van der Waals surface area contributed by atoms with Gasteiger partial charge in [-0.2, -0.15) is 0 Å². The normalized spacial score (nSPS) is 10.2. The van der Waals surface area contributed by atoms with E-state index in [4.69, 9.17) is 11.6 Å². The first kappa shape index (κ1) is 15.9. The summed E-state index contributed by atoms with van der Waals surface area (Å²) in [7, 11) is 0. The number of amides is 1. The van der Waals surface area contributed by atoms with Crippen molar-refractivity contribution >= 4 is 29.0 Å². The van der Waals surface area contributed by atoms with Gasteiger partial charge < -0.3 is 10.6 Å². The molecule has 3 aromatic rings. The fraction of sp³-hybridized carbons (Fsp3) is 0.0588. The van der Waals surface area contributed by atoms with E-state index in [9.17, 15) is 4.79 Å². The van der Waals surface area contributed by atoms with Gasteiger partial charge in [0.1, 0.15) is 17.8 Å². The number of carbonyl (C=O) groups is 1. The Labute approximate surface area is 143 Å². The number of nitrogens with one attached hydrogen (secondary N) is 2. The molecule has 0 aliphatic carbocycles. The number of hydrogen-bond acceptors (Lipinski definition) is 5. The van der Waals surface area contributed by atoms with Crippen molar-refractivity contribution in [2.45, 2.75) is 6.54 Å². The van der Waals surface area contributed by atoms with E-state index < -0.39 is 0 Å². The summed E-state index contributed by atoms with van der Waals surface area (Å²) in [6.45, 7) is 0.581. The second-order valence-electron chi connectivity index (χ2n) is 4.96. The van der Waals surface area contributed by atoms with Crippen molar-refractivity contribution in [3.63, 3.8) is 0 Å². The Kier molecular flexibility index (Phi) is 4.98. The summed E-state index contributed by atoms with van der Waals surface area (Å²) < 4.78 is 0. The zero-order valence-corrected chi connectivity index (χ0v) is 13.4. The van der Waals surface area contributed by atoms with Crippen LogP contribution >= 0.6 is 11.6 Å². The van der Waals surface area contributed by atoms with Gasteiger partial charge in [0, 0.05) is 35.7 Å². The van der Waals surface area contributed by atoms with Crippen molar-refractivity contribution in [2.75, 3.05) is 10.6 Å². The molecule has 0 saturated carbocycles. The van der Waals surface area contributed by atoms with Crippen LogP contribution in [0.25, 0.3) is 0 Å². The number of nitrogens with zero attached hydrogens (tertiary/aromatic N) is 3. The molecule has 2 heterocycles. The largest absolute Gasteiger partial charge is 0.366 e. The molecule has 0 aliphatic rings. The summed E-state index contributed by atoms with van der Waals surface area (Å²) in [6.07, 6.45) is 4.80. The lowest BCUT2D eigenvalue weighted by molar-refractivity contribution is 0.102. The molecule has 24 heavy (non-hydrogen) atoms. The third-order valence-electron chi connectivity index (χ3n) is 3.22. The van der Waals surface area contributed by atoms with Crippen LogP contribution in [-0.4, -0.2) is 20.9 Å². The van der Waals surface area contributed by atoms with Crippen LogP contribution in [0.3, 0.4) is 0 Å². The lowest BCUT2D eigenvalue weighted by atomic mass is 10.2. The Morgan fingerprint density at radius 3 is 2.54 bits per heavy atom. The lowest BCUT2D eigenvalue weighted by Crippen LogP contribution is -2.14. The molecule has 1 aromatic carbocycles. The van der Waals surface area contributed by atoms with Gasteiger partial charge in [0.15, 0.2) is 0 Å². The van der Waals surface area contributed by atoms with Gasteiger partial charge in [0.25, 0.3) is 5.91 Å². The molecule has 120 valence electrons. The van der Waals surface area contributed by atoms with Gasteiger partial charge in [0.05, 0.1) is 0 Å². The van der Waals surface area contributed by atoms with E-state index in [-0.39, 0.29) is 11.6 Å². The number of hydrogen-bond donors (Lipinski definition) is 2. The number of halogens is 1. The molecule has 0 aliphatic heterocycles. The van der Waals surface area contributed by atoms with Gasteiger partial charge in [-0.3, -0.25) is 9.78 Å². The highest BCUT2D eigenvalue weighted by molar-refractivity contribution is 6.30. The maximum absolute atomic E-state index is 12.3. The van der Waals surface area contributed by atoms with Crippen molar-refractivity contribution in [3.05, 3.63) is 77.5 Å². The minimum atomic E-state index is -0.313. The zero-order valence-electron chi connectivity index (χ0n) is 12.6. The van der Waals surface area contributed by atoms with Crippen molar-refractivity contribution in [2.24, 2.45) is 0 Å². The molecule has 7 heteroatoms. The monoisotopic (exact) mass is 339 g/mol. The minimum Gasteiger partial charge on any atom is -0.366 e. The molecule has 3 rings (SSSR count). The van der Waals surface area contributed by atoms with Crippen molar-refractivity contribution in [1.82, 2.24) is 15.0 Å². The van der Waals surface area contributed by atoms with Crippen LogP contribution in [0.15, 0.2) is 61.2 Å². The summed E-state index contributed by atoms with van der Waals surface area (Å²) in [5.74, 6) is 0.259. The predicted octanol–water partition coefficient (Wildman–Crippen LogP) is 3.39. The molecule has 2 aromatic heterocycles. The molecule has 0 saturated heterocycles. The topological polar surface area (TPSA) is 79.8 Å². The molecule has 1 amide bonds. The van der Waals surface area contributed by atoms with E-state index in [2.05, 4.69) is 25.6 Å². The van der Waals surface area contributed by atoms with E-state index in [1.54, 1.807) is 42.7 Å². The van der Waals surface area contributed by atoms with Crippen LogP contribution in [0.5, 0.6) is 0 Å². The van der Waals surface area contributed by atoms with Crippen LogP contribution in [0.4, 0.5) is 11.5 Å². The van der Waals surface area contributed by atoms with Gasteiger partial charge in [-0.25, -0.2) is 9.97 Å². The maximum atomic E-state index is 12.3. The first-order chi connectivity index (χ1) is 11.7. The number of anilines is 2. The molecule has 2 N–H and O–H groups in total. The van der Waals surface area contributed by atoms with Crippen molar-refractivity contribution < 1.29 is 4.79 Å². The number of benzene rings is 1. The number of rotatable bonds is 5. The highest BCUT2D eigenvalue weighted by atomic mass is 35.5. The summed E-state index contributed by atoms with van der Waals surface area (Å²) in [5.41, 5.74) is 1.99. The molecule has 0 fully saturated rings. The summed E-state index contributed by atoms with van der Waals surface area (Å²) >= 11 is 5.83. The Morgan fingerprint density at radius 1 is 1.04 bits per heavy atom. The van der Waals surface area contributed by atoms with Gasteiger partial charge in [-0.1, -0.05) is 11.6 Å². The Balaban J connectivity index is 1.65. The molecule has 0 unspecified atom stereocenters. The molecular weight excluding hydrogens is 326 g/mol. The number of pyridine rings is 1. The second-order valence-corrected chi connectivity index (χ2v) is 5.39. The van der Waals surface area contributed by atoms with Gasteiger partial charge in [0.2, 0.25) is 0 Å². The first-order valence-electron chi connectivity index (χ1n) is 7.22. The average Bonchev–Trinajstić information content (AvgIpc) is 2.63. The fourth-order valence-corrected chi connectivity index (χ4v) is 2.13. The minimum absolute atomic E-state index is 0.275. The van der Waals surface area contributed by atoms with Gasteiger partial charge in [-0.05, 0) is 42.0 Å². The standard InChI is InChI=1S/C17H14ClN5O/c18-13-1-3-14(4-2-13)23-17(24)15-9-16(22-11-21-15)20-10-12-5-7-19-8-6-12/h1-9,11H,10H2,(H,23,24)(H,20,21,22). The smallest absolute Gasteiger partial charge is 0.274 e. The van der Waals surface area contributed by atoms with Crippen LogP contribution in [0.1, 0.15) is 16.1 Å². The third kappa shape index (κ3) is 4.27. The maximum Gasteiger partial charge on any atom is 0.274 e. The fourth-order valence-electron chi connectivity index (χ4n) is 2.00. The van der Waals surface area contributed by atoms with E-state index in [0.717, 1.165) is 5.56 Å². The highest BCUT2D eigenvalue weighted by Gasteiger charge is 2.09. The quantitative estimate of drug-likeness (QED) is 0.744.